The first kappa shape index (κ1) is 12.4. The fourth-order valence-electron chi connectivity index (χ4n) is 1.69. The Labute approximate surface area is 110 Å². The van der Waals surface area contributed by atoms with Gasteiger partial charge in [-0.15, -0.1) is 0 Å². The van der Waals surface area contributed by atoms with Gasteiger partial charge in [0.15, 0.2) is 5.16 Å². The van der Waals surface area contributed by atoms with Gasteiger partial charge < -0.3 is 10.3 Å². The highest BCUT2D eigenvalue weighted by Crippen LogP contribution is 2.25. The molecule has 0 unspecified atom stereocenters. The van der Waals surface area contributed by atoms with Gasteiger partial charge in [0, 0.05) is 7.05 Å². The molecule has 0 saturated heterocycles. The van der Waals surface area contributed by atoms with Crippen molar-refractivity contribution in [1.29, 1.82) is 0 Å². The molecule has 2 rings (SSSR count). The van der Waals surface area contributed by atoms with E-state index in [1.807, 2.05) is 7.05 Å². The van der Waals surface area contributed by atoms with Gasteiger partial charge in [0.25, 0.3) is 0 Å². The van der Waals surface area contributed by atoms with Crippen LogP contribution in [0.25, 0.3) is 11.0 Å². The highest BCUT2D eigenvalue weighted by Gasteiger charge is 2.09. The monoisotopic (exact) mass is 265 g/mol. The molecule has 0 spiro atoms. The first-order chi connectivity index (χ1) is 7.99. The molecule has 1 aromatic heterocycles. The average Bonchev–Trinajstić information content (AvgIpc) is 2.54. The molecule has 1 heterocycles. The number of nitrogens with two attached hydrogens (primary N) is 1. The number of hydrogen-bond donors (Lipinski definition) is 1. The summed E-state index contributed by atoms with van der Waals surface area (Å²) in [7, 11) is 2.02. The van der Waals surface area contributed by atoms with Crippen molar-refractivity contribution in [2.45, 2.75) is 19.0 Å². The molecule has 0 saturated carbocycles. The van der Waals surface area contributed by atoms with Crippen LogP contribution in [0.1, 0.15) is 11.1 Å². The Bertz CT molecular complexity index is 587. The zero-order chi connectivity index (χ0) is 12.6. The van der Waals surface area contributed by atoms with Crippen molar-refractivity contribution >= 4 is 40.0 Å². The third-order valence-corrected chi connectivity index (χ3v) is 4.20. The molecule has 0 fully saturated rings. The molecule has 2 aromatic rings. The minimum atomic E-state index is 0.509. The minimum Gasteiger partial charge on any atom is -0.393 e. The van der Waals surface area contributed by atoms with Gasteiger partial charge >= 0.3 is 0 Å². The van der Waals surface area contributed by atoms with Crippen molar-refractivity contribution in [2.24, 2.45) is 12.8 Å². The average molecular weight is 265 g/mol. The lowest BCUT2D eigenvalue weighted by Crippen LogP contribution is -2.10. The van der Waals surface area contributed by atoms with Crippen LogP contribution in [0.5, 0.6) is 0 Å². The Kier molecular flexibility index (Phi) is 3.40. The van der Waals surface area contributed by atoms with Crippen molar-refractivity contribution in [3.8, 4) is 0 Å². The number of rotatable bonds is 3. The van der Waals surface area contributed by atoms with Crippen LogP contribution in [0.4, 0.5) is 0 Å². The van der Waals surface area contributed by atoms with Crippen LogP contribution < -0.4 is 5.73 Å². The molecule has 1 aromatic carbocycles. The lowest BCUT2D eigenvalue weighted by atomic mass is 10.1. The zero-order valence-corrected chi connectivity index (χ0v) is 11.8. The lowest BCUT2D eigenvalue weighted by Gasteiger charge is -2.02. The molecular weight excluding hydrogens is 250 g/mol. The first-order valence-corrected chi connectivity index (χ1v) is 6.73. The second-order valence-corrected chi connectivity index (χ2v) is 5.60. The van der Waals surface area contributed by atoms with Crippen LogP contribution in [0.2, 0.25) is 0 Å². The summed E-state index contributed by atoms with van der Waals surface area (Å²) in [6.07, 6.45) is 0. The van der Waals surface area contributed by atoms with Crippen LogP contribution in [0, 0.1) is 13.8 Å². The molecule has 3 nitrogen and oxygen atoms in total. The third-order valence-electron chi connectivity index (χ3n) is 2.80. The number of imidazole rings is 1. The van der Waals surface area contributed by atoms with E-state index in [0.29, 0.717) is 10.7 Å². The van der Waals surface area contributed by atoms with E-state index in [9.17, 15) is 0 Å². The van der Waals surface area contributed by atoms with Gasteiger partial charge in [0.05, 0.1) is 21.8 Å². The van der Waals surface area contributed by atoms with Gasteiger partial charge in [-0.3, -0.25) is 0 Å². The molecule has 5 heteroatoms. The van der Waals surface area contributed by atoms with Gasteiger partial charge in [-0.25, -0.2) is 4.98 Å². The van der Waals surface area contributed by atoms with Gasteiger partial charge in [-0.05, 0) is 37.1 Å². The quantitative estimate of drug-likeness (QED) is 0.684. The van der Waals surface area contributed by atoms with Gasteiger partial charge in [0.1, 0.15) is 0 Å². The number of thioether (sulfide) groups is 1. The molecule has 90 valence electrons. The molecule has 0 aliphatic carbocycles. The summed E-state index contributed by atoms with van der Waals surface area (Å²) in [5, 5.41) is 0.956. The van der Waals surface area contributed by atoms with E-state index in [1.165, 1.54) is 11.1 Å². The largest absolute Gasteiger partial charge is 0.393 e. The van der Waals surface area contributed by atoms with Crippen LogP contribution in [-0.4, -0.2) is 20.3 Å². The highest BCUT2D eigenvalue weighted by molar-refractivity contribution is 8.00. The van der Waals surface area contributed by atoms with Crippen LogP contribution in [-0.2, 0) is 7.05 Å². The van der Waals surface area contributed by atoms with Gasteiger partial charge in [-0.2, -0.15) is 0 Å². The number of fused-ring (bicyclic) bond motifs is 1. The topological polar surface area (TPSA) is 43.8 Å². The first-order valence-electron chi connectivity index (χ1n) is 5.34. The van der Waals surface area contributed by atoms with E-state index >= 15 is 0 Å². The van der Waals surface area contributed by atoms with Crippen molar-refractivity contribution in [1.82, 2.24) is 9.55 Å². The van der Waals surface area contributed by atoms with E-state index in [1.54, 1.807) is 11.8 Å². The number of benzene rings is 1. The molecule has 2 N–H and O–H groups in total. The second-order valence-electron chi connectivity index (χ2n) is 4.13. The Hall–Kier alpha value is -1.07. The minimum absolute atomic E-state index is 0.509. The summed E-state index contributed by atoms with van der Waals surface area (Å²) >= 11 is 6.46. The van der Waals surface area contributed by atoms with Gasteiger partial charge in [0.2, 0.25) is 0 Å². The maximum atomic E-state index is 5.51. The maximum Gasteiger partial charge on any atom is 0.169 e. The van der Waals surface area contributed by atoms with Gasteiger partial charge in [-0.1, -0.05) is 24.0 Å². The maximum absolute atomic E-state index is 5.51. The molecule has 0 radical (unpaired) electrons. The van der Waals surface area contributed by atoms with Crippen molar-refractivity contribution in [3.63, 3.8) is 0 Å². The molecular formula is C12H15N3S2. The molecule has 0 aliphatic heterocycles. The molecule has 0 amide bonds. The Morgan fingerprint density at radius 1 is 1.41 bits per heavy atom. The third kappa shape index (κ3) is 2.45. The number of aromatic nitrogens is 2. The van der Waals surface area contributed by atoms with E-state index in [-0.39, 0.29) is 0 Å². The fraction of sp³-hybridized carbons (Fsp3) is 0.333. The standard InChI is InChI=1S/C12H15N3S2/c1-7-4-9-10(5-8(7)2)15(3)12(14-9)17-6-11(13)16/h4-5H,6H2,1-3H3,(H2,13,16). The number of hydrogen-bond acceptors (Lipinski definition) is 3. The molecule has 0 aliphatic rings. The molecule has 0 atom stereocenters. The van der Waals surface area contributed by atoms with E-state index in [0.717, 1.165) is 16.2 Å². The second kappa shape index (κ2) is 4.66. The van der Waals surface area contributed by atoms with Crippen LogP contribution in [0.15, 0.2) is 17.3 Å². The molecule has 17 heavy (non-hydrogen) atoms. The summed E-state index contributed by atoms with van der Waals surface area (Å²) < 4.78 is 2.09. The zero-order valence-electron chi connectivity index (χ0n) is 10.2. The van der Waals surface area contributed by atoms with E-state index < -0.39 is 0 Å². The van der Waals surface area contributed by atoms with E-state index in [2.05, 4.69) is 35.5 Å². The van der Waals surface area contributed by atoms with Crippen LogP contribution in [0.3, 0.4) is 0 Å². The van der Waals surface area contributed by atoms with Crippen molar-refractivity contribution < 1.29 is 0 Å². The fourth-order valence-corrected chi connectivity index (χ4v) is 2.59. The van der Waals surface area contributed by atoms with E-state index in [4.69, 9.17) is 18.0 Å². The SMILES string of the molecule is Cc1cc2nc(SCC(N)=S)n(C)c2cc1C. The Morgan fingerprint density at radius 3 is 2.71 bits per heavy atom. The predicted molar refractivity (Wildman–Crippen MR) is 77.7 cm³/mol. The number of aryl methyl sites for hydroxylation is 3. The Morgan fingerprint density at radius 2 is 2.06 bits per heavy atom. The highest BCUT2D eigenvalue weighted by atomic mass is 32.2. The van der Waals surface area contributed by atoms with Crippen LogP contribution >= 0.6 is 24.0 Å². The van der Waals surface area contributed by atoms with Crippen molar-refractivity contribution in [3.05, 3.63) is 23.3 Å². The molecule has 0 bridgehead atoms. The number of nitrogens with zero attached hydrogens (tertiary/aromatic N) is 2. The summed E-state index contributed by atoms with van der Waals surface area (Å²) in [5.74, 6) is 0.629. The summed E-state index contributed by atoms with van der Waals surface area (Å²) in [4.78, 5) is 5.11. The van der Waals surface area contributed by atoms with Crippen molar-refractivity contribution in [2.75, 3.05) is 5.75 Å². The normalized spacial score (nSPS) is 11.0. The summed E-state index contributed by atoms with van der Waals surface area (Å²) in [6.45, 7) is 4.22. The smallest absolute Gasteiger partial charge is 0.169 e. The Balaban J connectivity index is 2.45. The number of thiocarbonyl (C=S) groups is 1. The predicted octanol–water partition coefficient (Wildman–Crippen LogP) is 2.57. The summed E-state index contributed by atoms with van der Waals surface area (Å²) in [5.41, 5.74) is 10.2. The summed E-state index contributed by atoms with van der Waals surface area (Å²) in [6, 6.07) is 4.29. The lowest BCUT2D eigenvalue weighted by molar-refractivity contribution is 0.816.